The van der Waals surface area contributed by atoms with Gasteiger partial charge in [-0.3, -0.25) is 0 Å². The minimum Gasteiger partial charge on any atom is -0.478 e. The molecule has 2 aromatic carbocycles. The Kier molecular flexibility index (Phi) is 3.01. The molecule has 1 heterocycles. The lowest BCUT2D eigenvalue weighted by atomic mass is 10.0. The second-order valence-corrected chi connectivity index (χ2v) is 4.89. The molecule has 1 saturated heterocycles. The van der Waals surface area contributed by atoms with Gasteiger partial charge in [-0.25, -0.2) is 4.79 Å². The Bertz CT molecular complexity index is 604. The van der Waals surface area contributed by atoms with E-state index in [9.17, 15) is 4.79 Å². The molecular weight excluding hydrogens is 264 g/mol. The summed E-state index contributed by atoms with van der Waals surface area (Å²) in [6.45, 7) is 0. The van der Waals surface area contributed by atoms with Crippen molar-refractivity contribution in [3.63, 3.8) is 0 Å². The number of carboxylic acid groups (broad SMARTS) is 1. The fourth-order valence-corrected chi connectivity index (χ4v) is 2.21. The van der Waals surface area contributed by atoms with Gasteiger partial charge in [-0.05, 0) is 35.4 Å². The minimum atomic E-state index is -0.919. The quantitative estimate of drug-likeness (QED) is 0.865. The SMILES string of the molecule is O=C(O)c1ccc([C@H]2O[C@H]2c2ccc(Cl)cc2)cc1. The number of rotatable bonds is 3. The van der Waals surface area contributed by atoms with Gasteiger partial charge in [0.1, 0.15) is 12.2 Å². The van der Waals surface area contributed by atoms with Crippen molar-refractivity contribution in [1.82, 2.24) is 0 Å². The van der Waals surface area contributed by atoms with Crippen LogP contribution in [0.4, 0.5) is 0 Å². The molecule has 0 aromatic heterocycles. The molecule has 0 radical (unpaired) electrons. The Morgan fingerprint density at radius 2 is 1.42 bits per heavy atom. The van der Waals surface area contributed by atoms with Crippen LogP contribution < -0.4 is 0 Å². The normalized spacial score (nSPS) is 21.1. The summed E-state index contributed by atoms with van der Waals surface area (Å²) in [5.74, 6) is -0.919. The average molecular weight is 275 g/mol. The summed E-state index contributed by atoms with van der Waals surface area (Å²) in [6, 6.07) is 14.3. The van der Waals surface area contributed by atoms with Crippen LogP contribution in [0.5, 0.6) is 0 Å². The lowest BCUT2D eigenvalue weighted by molar-refractivity contribution is 0.0697. The minimum absolute atomic E-state index is 0.00372. The first kappa shape index (κ1) is 12.2. The van der Waals surface area contributed by atoms with Gasteiger partial charge in [0, 0.05) is 5.02 Å². The maximum Gasteiger partial charge on any atom is 0.335 e. The van der Waals surface area contributed by atoms with Gasteiger partial charge in [-0.1, -0.05) is 35.9 Å². The van der Waals surface area contributed by atoms with Crippen LogP contribution in [0.25, 0.3) is 0 Å². The van der Waals surface area contributed by atoms with Crippen molar-refractivity contribution >= 4 is 17.6 Å². The molecule has 0 amide bonds. The molecule has 1 aliphatic heterocycles. The van der Waals surface area contributed by atoms with E-state index in [-0.39, 0.29) is 17.8 Å². The Morgan fingerprint density at radius 3 is 1.89 bits per heavy atom. The zero-order valence-electron chi connectivity index (χ0n) is 9.92. The second-order valence-electron chi connectivity index (χ2n) is 4.46. The van der Waals surface area contributed by atoms with E-state index in [0.717, 1.165) is 11.1 Å². The molecular formula is C15H11ClO3. The third-order valence-electron chi connectivity index (χ3n) is 3.18. The Morgan fingerprint density at radius 1 is 0.947 bits per heavy atom. The van der Waals surface area contributed by atoms with Gasteiger partial charge in [0.2, 0.25) is 0 Å². The third kappa shape index (κ3) is 2.48. The fourth-order valence-electron chi connectivity index (χ4n) is 2.09. The van der Waals surface area contributed by atoms with Crippen LogP contribution >= 0.6 is 11.6 Å². The standard InChI is InChI=1S/C15H11ClO3/c16-12-7-5-10(6-8-12)14-13(19-14)9-1-3-11(4-2-9)15(17)18/h1-8,13-14H,(H,17,18)/t13-,14+/m1/s1. The van der Waals surface area contributed by atoms with E-state index >= 15 is 0 Å². The molecule has 2 aromatic rings. The van der Waals surface area contributed by atoms with Crippen LogP contribution in [0.2, 0.25) is 5.02 Å². The molecule has 19 heavy (non-hydrogen) atoms. The van der Waals surface area contributed by atoms with Gasteiger partial charge in [0.15, 0.2) is 0 Å². The van der Waals surface area contributed by atoms with E-state index in [1.165, 1.54) is 0 Å². The van der Waals surface area contributed by atoms with Crippen LogP contribution in [0.15, 0.2) is 48.5 Å². The zero-order valence-corrected chi connectivity index (χ0v) is 10.7. The van der Waals surface area contributed by atoms with E-state index in [1.807, 2.05) is 24.3 Å². The maximum atomic E-state index is 10.8. The smallest absolute Gasteiger partial charge is 0.335 e. The highest BCUT2D eigenvalue weighted by molar-refractivity contribution is 6.30. The lowest BCUT2D eigenvalue weighted by Crippen LogP contribution is -1.95. The molecule has 1 fully saturated rings. The van der Waals surface area contributed by atoms with Crippen LogP contribution in [0, 0.1) is 0 Å². The predicted octanol–water partition coefficient (Wildman–Crippen LogP) is 3.85. The molecule has 4 heteroatoms. The highest BCUT2D eigenvalue weighted by Gasteiger charge is 2.41. The topological polar surface area (TPSA) is 49.8 Å². The van der Waals surface area contributed by atoms with E-state index in [0.29, 0.717) is 5.02 Å². The van der Waals surface area contributed by atoms with Gasteiger partial charge >= 0.3 is 5.97 Å². The zero-order chi connectivity index (χ0) is 13.4. The van der Waals surface area contributed by atoms with Gasteiger partial charge in [0.05, 0.1) is 5.56 Å². The molecule has 0 aliphatic carbocycles. The van der Waals surface area contributed by atoms with Crippen molar-refractivity contribution in [3.05, 3.63) is 70.2 Å². The first-order valence-corrected chi connectivity index (χ1v) is 6.27. The van der Waals surface area contributed by atoms with Crippen molar-refractivity contribution < 1.29 is 14.6 Å². The number of aromatic carboxylic acids is 1. The number of epoxide rings is 1. The molecule has 1 aliphatic rings. The van der Waals surface area contributed by atoms with E-state index in [1.54, 1.807) is 24.3 Å². The second kappa shape index (κ2) is 4.68. The summed E-state index contributed by atoms with van der Waals surface area (Å²) in [5, 5.41) is 9.54. The monoisotopic (exact) mass is 274 g/mol. The van der Waals surface area contributed by atoms with Gasteiger partial charge in [0.25, 0.3) is 0 Å². The molecule has 1 N–H and O–H groups in total. The molecule has 0 unspecified atom stereocenters. The molecule has 2 atom stereocenters. The first-order valence-electron chi connectivity index (χ1n) is 5.89. The maximum absolute atomic E-state index is 10.8. The summed E-state index contributed by atoms with van der Waals surface area (Å²) in [5.41, 5.74) is 2.36. The van der Waals surface area contributed by atoms with E-state index in [4.69, 9.17) is 21.4 Å². The molecule has 96 valence electrons. The number of carboxylic acids is 1. The summed E-state index contributed by atoms with van der Waals surface area (Å²) in [4.78, 5) is 10.8. The number of carbonyl (C=O) groups is 1. The largest absolute Gasteiger partial charge is 0.478 e. The lowest BCUT2D eigenvalue weighted by Gasteiger charge is -1.99. The van der Waals surface area contributed by atoms with Crippen LogP contribution in [-0.4, -0.2) is 11.1 Å². The highest BCUT2D eigenvalue weighted by atomic mass is 35.5. The molecule has 3 rings (SSSR count). The summed E-state index contributed by atoms with van der Waals surface area (Å²) in [6.07, 6.45) is 0.0389. The van der Waals surface area contributed by atoms with E-state index < -0.39 is 5.97 Å². The average Bonchev–Trinajstić information content (AvgIpc) is 3.20. The van der Waals surface area contributed by atoms with Crippen molar-refractivity contribution in [1.29, 1.82) is 0 Å². The number of halogens is 1. The Labute approximate surface area is 115 Å². The van der Waals surface area contributed by atoms with Gasteiger partial charge < -0.3 is 9.84 Å². The van der Waals surface area contributed by atoms with Crippen molar-refractivity contribution in [3.8, 4) is 0 Å². The summed E-state index contributed by atoms with van der Waals surface area (Å²) >= 11 is 5.84. The van der Waals surface area contributed by atoms with Crippen molar-refractivity contribution in [2.24, 2.45) is 0 Å². The molecule has 0 bridgehead atoms. The van der Waals surface area contributed by atoms with Crippen molar-refractivity contribution in [2.75, 3.05) is 0 Å². The first-order chi connectivity index (χ1) is 9.15. The Balaban J connectivity index is 1.75. The summed E-state index contributed by atoms with van der Waals surface area (Å²) in [7, 11) is 0. The summed E-state index contributed by atoms with van der Waals surface area (Å²) < 4.78 is 5.64. The fraction of sp³-hybridized carbons (Fsp3) is 0.133. The number of ether oxygens (including phenoxy) is 1. The van der Waals surface area contributed by atoms with Crippen LogP contribution in [0.1, 0.15) is 33.7 Å². The molecule has 0 saturated carbocycles. The number of hydrogen-bond donors (Lipinski definition) is 1. The van der Waals surface area contributed by atoms with E-state index in [2.05, 4.69) is 0 Å². The van der Waals surface area contributed by atoms with Gasteiger partial charge in [-0.2, -0.15) is 0 Å². The van der Waals surface area contributed by atoms with Crippen LogP contribution in [0.3, 0.4) is 0 Å². The third-order valence-corrected chi connectivity index (χ3v) is 3.43. The highest BCUT2D eigenvalue weighted by Crippen LogP contribution is 2.50. The van der Waals surface area contributed by atoms with Gasteiger partial charge in [-0.15, -0.1) is 0 Å². The number of hydrogen-bond acceptors (Lipinski definition) is 2. The molecule has 0 spiro atoms. The Hall–Kier alpha value is -1.84. The number of benzene rings is 2. The predicted molar refractivity (Wildman–Crippen MR) is 71.4 cm³/mol. The molecule has 3 nitrogen and oxygen atoms in total. The van der Waals surface area contributed by atoms with Crippen molar-refractivity contribution in [2.45, 2.75) is 12.2 Å². The van der Waals surface area contributed by atoms with Crippen LogP contribution in [-0.2, 0) is 4.74 Å².